The summed E-state index contributed by atoms with van der Waals surface area (Å²) in [7, 11) is 0. The van der Waals surface area contributed by atoms with Crippen LogP contribution in [0.1, 0.15) is 30.5 Å². The van der Waals surface area contributed by atoms with E-state index in [4.69, 9.17) is 0 Å². The summed E-state index contributed by atoms with van der Waals surface area (Å²) in [6, 6.07) is 10.8. The van der Waals surface area contributed by atoms with Crippen LogP contribution in [0.4, 0.5) is 5.13 Å². The number of anilines is 1. The molecule has 1 aromatic carbocycles. The number of nitrogens with zero attached hydrogens (tertiary/aromatic N) is 4. The van der Waals surface area contributed by atoms with Gasteiger partial charge >= 0.3 is 0 Å². The summed E-state index contributed by atoms with van der Waals surface area (Å²) in [5.41, 5.74) is 2.43. The van der Waals surface area contributed by atoms with Gasteiger partial charge in [0, 0.05) is 19.6 Å². The Balaban J connectivity index is 1.34. The van der Waals surface area contributed by atoms with Gasteiger partial charge in [-0.25, -0.2) is 9.50 Å². The summed E-state index contributed by atoms with van der Waals surface area (Å²) >= 11 is 1.63. The van der Waals surface area contributed by atoms with E-state index in [0.29, 0.717) is 5.92 Å². The Morgan fingerprint density at radius 3 is 2.96 bits per heavy atom. The van der Waals surface area contributed by atoms with E-state index in [0.717, 1.165) is 35.4 Å². The lowest BCUT2D eigenvalue weighted by Crippen LogP contribution is -2.31. The smallest absolute Gasteiger partial charge is 0.214 e. The molecule has 0 aliphatic carbocycles. The summed E-state index contributed by atoms with van der Waals surface area (Å²) in [5.74, 6) is 0.671. The maximum absolute atomic E-state index is 4.58. The van der Waals surface area contributed by atoms with Crippen molar-refractivity contribution in [2.45, 2.75) is 32.7 Å². The van der Waals surface area contributed by atoms with E-state index in [2.05, 4.69) is 50.6 Å². The predicted octanol–water partition coefficient (Wildman–Crippen LogP) is 3.81. The number of fused-ring (bicyclic) bond motifs is 1. The van der Waals surface area contributed by atoms with E-state index in [1.54, 1.807) is 11.3 Å². The predicted molar refractivity (Wildman–Crippen MR) is 103 cm³/mol. The van der Waals surface area contributed by atoms with Gasteiger partial charge in [0.2, 0.25) is 10.1 Å². The number of likely N-dealkylation sites (tertiary alicyclic amines) is 1. The summed E-state index contributed by atoms with van der Waals surface area (Å²) < 4.78 is 1.87. The van der Waals surface area contributed by atoms with Crippen molar-refractivity contribution in [2.24, 2.45) is 5.92 Å². The topological polar surface area (TPSA) is 45.5 Å². The van der Waals surface area contributed by atoms with Crippen molar-refractivity contribution < 1.29 is 0 Å². The molecule has 1 atom stereocenters. The fourth-order valence-electron chi connectivity index (χ4n) is 3.58. The van der Waals surface area contributed by atoms with Crippen LogP contribution in [0.2, 0.25) is 0 Å². The summed E-state index contributed by atoms with van der Waals surface area (Å²) in [6.45, 7) is 6.41. The van der Waals surface area contributed by atoms with E-state index in [9.17, 15) is 0 Å². The zero-order chi connectivity index (χ0) is 17.1. The van der Waals surface area contributed by atoms with E-state index >= 15 is 0 Å². The highest BCUT2D eigenvalue weighted by atomic mass is 32.1. The zero-order valence-corrected chi connectivity index (χ0v) is 15.5. The lowest BCUT2D eigenvalue weighted by molar-refractivity contribution is 0.245. The normalized spacial score (nSPS) is 19.2. The lowest BCUT2D eigenvalue weighted by atomic mass is 10.0. The standard InChI is InChI=1S/C19H25N5S/c1-15-12-24-19(21-15)25-18(22-24)20-11-17-9-5-6-10-23(14-17)13-16-7-3-2-4-8-16/h2-4,7-8,12,17H,5-6,9-11,13-14H2,1H3,(H,20,22). The second kappa shape index (κ2) is 7.54. The summed E-state index contributed by atoms with van der Waals surface area (Å²) in [6.07, 6.45) is 5.88. The Morgan fingerprint density at radius 1 is 1.24 bits per heavy atom. The largest absolute Gasteiger partial charge is 0.360 e. The number of aromatic nitrogens is 3. The minimum atomic E-state index is 0.671. The molecule has 0 radical (unpaired) electrons. The SMILES string of the molecule is Cc1cn2nc(NCC3CCCCN(Cc4ccccc4)C3)sc2n1. The van der Waals surface area contributed by atoms with Crippen LogP contribution in [0.5, 0.6) is 0 Å². The maximum atomic E-state index is 4.58. The highest BCUT2D eigenvalue weighted by Crippen LogP contribution is 2.22. The Bertz CT molecular complexity index is 778. The highest BCUT2D eigenvalue weighted by molar-refractivity contribution is 7.20. The van der Waals surface area contributed by atoms with Gasteiger partial charge in [-0.1, -0.05) is 48.1 Å². The lowest BCUT2D eigenvalue weighted by Gasteiger charge is -2.24. The van der Waals surface area contributed by atoms with Crippen LogP contribution in [0.3, 0.4) is 0 Å². The number of hydrogen-bond donors (Lipinski definition) is 1. The molecule has 5 nitrogen and oxygen atoms in total. The second-order valence-corrected chi connectivity index (χ2v) is 7.94. The molecule has 6 heteroatoms. The zero-order valence-electron chi connectivity index (χ0n) is 14.7. The average Bonchev–Trinajstić information content (AvgIpc) is 3.04. The molecule has 1 unspecified atom stereocenters. The van der Waals surface area contributed by atoms with Crippen molar-refractivity contribution in [2.75, 3.05) is 25.0 Å². The molecule has 0 bridgehead atoms. The van der Waals surface area contributed by atoms with Crippen LogP contribution >= 0.6 is 11.3 Å². The van der Waals surface area contributed by atoms with E-state index in [-0.39, 0.29) is 0 Å². The third-order valence-corrected chi connectivity index (χ3v) is 5.69. The van der Waals surface area contributed by atoms with Crippen LogP contribution in [0.25, 0.3) is 4.96 Å². The van der Waals surface area contributed by atoms with Gasteiger partial charge < -0.3 is 5.32 Å². The van der Waals surface area contributed by atoms with Gasteiger partial charge in [-0.2, -0.15) is 0 Å². The molecular weight excluding hydrogens is 330 g/mol. The fourth-order valence-corrected chi connectivity index (χ4v) is 4.41. The van der Waals surface area contributed by atoms with Gasteiger partial charge in [0.1, 0.15) is 0 Å². The van der Waals surface area contributed by atoms with E-state index < -0.39 is 0 Å². The molecule has 0 saturated carbocycles. The number of imidazole rings is 1. The van der Waals surface area contributed by atoms with Crippen LogP contribution < -0.4 is 5.32 Å². The van der Waals surface area contributed by atoms with Gasteiger partial charge in [-0.15, -0.1) is 5.10 Å². The van der Waals surface area contributed by atoms with Gasteiger partial charge in [-0.3, -0.25) is 4.90 Å². The van der Waals surface area contributed by atoms with Crippen molar-refractivity contribution >= 4 is 21.4 Å². The van der Waals surface area contributed by atoms with Crippen LogP contribution in [-0.2, 0) is 6.54 Å². The minimum absolute atomic E-state index is 0.671. The molecule has 2 aromatic heterocycles. The molecule has 4 rings (SSSR count). The molecule has 1 fully saturated rings. The molecule has 3 aromatic rings. The quantitative estimate of drug-likeness (QED) is 0.756. The van der Waals surface area contributed by atoms with Gasteiger partial charge in [0.05, 0.1) is 11.9 Å². The second-order valence-electron chi connectivity index (χ2n) is 6.98. The monoisotopic (exact) mass is 355 g/mol. The third kappa shape index (κ3) is 4.19. The van der Waals surface area contributed by atoms with Crippen molar-refractivity contribution in [1.29, 1.82) is 0 Å². The van der Waals surface area contributed by atoms with Gasteiger partial charge in [-0.05, 0) is 37.8 Å². The van der Waals surface area contributed by atoms with Crippen molar-refractivity contribution in [3.05, 3.63) is 47.8 Å². The first-order chi connectivity index (χ1) is 12.3. The van der Waals surface area contributed by atoms with Crippen LogP contribution in [0, 0.1) is 12.8 Å². The molecule has 1 saturated heterocycles. The van der Waals surface area contributed by atoms with Crippen molar-refractivity contribution in [1.82, 2.24) is 19.5 Å². The van der Waals surface area contributed by atoms with Gasteiger partial charge in [0.15, 0.2) is 0 Å². The van der Waals surface area contributed by atoms with Crippen molar-refractivity contribution in [3.8, 4) is 0 Å². The number of rotatable bonds is 5. The average molecular weight is 356 g/mol. The molecule has 25 heavy (non-hydrogen) atoms. The molecule has 0 amide bonds. The molecule has 3 heterocycles. The third-order valence-electron chi connectivity index (χ3n) is 4.81. The summed E-state index contributed by atoms with van der Waals surface area (Å²) in [4.78, 5) is 8.04. The first-order valence-electron chi connectivity index (χ1n) is 9.09. The Kier molecular flexibility index (Phi) is 4.99. The highest BCUT2D eigenvalue weighted by Gasteiger charge is 2.19. The first-order valence-corrected chi connectivity index (χ1v) is 9.91. The van der Waals surface area contributed by atoms with Crippen molar-refractivity contribution in [3.63, 3.8) is 0 Å². The Hall–Kier alpha value is -1.92. The molecule has 1 aliphatic rings. The Morgan fingerprint density at radius 2 is 2.12 bits per heavy atom. The number of nitrogens with one attached hydrogen (secondary N) is 1. The van der Waals surface area contributed by atoms with Gasteiger partial charge in [0.25, 0.3) is 0 Å². The Labute approximate surface area is 152 Å². The van der Waals surface area contributed by atoms with E-state index in [1.807, 2.05) is 17.6 Å². The fraction of sp³-hybridized carbons (Fsp3) is 0.474. The summed E-state index contributed by atoms with van der Waals surface area (Å²) in [5, 5.41) is 9.09. The van der Waals surface area contributed by atoms with Crippen LogP contribution in [0.15, 0.2) is 36.5 Å². The maximum Gasteiger partial charge on any atom is 0.214 e. The molecule has 0 spiro atoms. The molecule has 1 N–H and O–H groups in total. The number of benzene rings is 1. The molecular formula is C19H25N5S. The van der Waals surface area contributed by atoms with E-state index in [1.165, 1.54) is 31.4 Å². The molecule has 132 valence electrons. The van der Waals surface area contributed by atoms with Crippen LogP contribution in [-0.4, -0.2) is 39.1 Å². The number of aryl methyl sites for hydroxylation is 1. The molecule has 1 aliphatic heterocycles. The number of hydrogen-bond acceptors (Lipinski definition) is 5. The minimum Gasteiger partial charge on any atom is -0.360 e. The first kappa shape index (κ1) is 16.5.